The van der Waals surface area contributed by atoms with Crippen molar-refractivity contribution in [3.63, 3.8) is 0 Å². The van der Waals surface area contributed by atoms with Crippen molar-refractivity contribution in [3.05, 3.63) is 11.6 Å². The summed E-state index contributed by atoms with van der Waals surface area (Å²) >= 11 is 0. The molecule has 21 heavy (non-hydrogen) atoms. The molecular weight excluding hydrogens is 260 g/mol. The average molecular weight is 290 g/mol. The van der Waals surface area contributed by atoms with E-state index in [-0.39, 0.29) is 22.9 Å². The van der Waals surface area contributed by atoms with Crippen LogP contribution in [0.3, 0.4) is 0 Å². The van der Waals surface area contributed by atoms with Crippen LogP contribution in [-0.2, 0) is 9.53 Å². The van der Waals surface area contributed by atoms with E-state index >= 15 is 0 Å². The fraction of sp³-hybridized carbons (Fsp3) is 0.842. The maximum Gasteiger partial charge on any atom is 0.308 e. The molecule has 118 valence electrons. The summed E-state index contributed by atoms with van der Waals surface area (Å²) in [6, 6.07) is 0. The molecule has 2 bridgehead atoms. The van der Waals surface area contributed by atoms with Gasteiger partial charge in [-0.3, -0.25) is 4.79 Å². The lowest BCUT2D eigenvalue weighted by Crippen LogP contribution is -2.48. The van der Waals surface area contributed by atoms with Gasteiger partial charge in [-0.1, -0.05) is 39.3 Å². The molecule has 3 rings (SSSR count). The smallest absolute Gasteiger partial charge is 0.308 e. The van der Waals surface area contributed by atoms with Crippen molar-refractivity contribution in [2.75, 3.05) is 0 Å². The molecule has 0 heterocycles. The summed E-state index contributed by atoms with van der Waals surface area (Å²) in [5.74, 6) is 2.54. The summed E-state index contributed by atoms with van der Waals surface area (Å²) in [7, 11) is 0. The molecule has 0 aromatic carbocycles. The Bertz CT molecular complexity index is 478. The maximum absolute atomic E-state index is 12.2. The van der Waals surface area contributed by atoms with Gasteiger partial charge in [-0.05, 0) is 56.8 Å². The third-order valence-electron chi connectivity index (χ3n) is 6.66. The van der Waals surface area contributed by atoms with Crippen LogP contribution in [0.2, 0.25) is 0 Å². The molecular formula is C19H30O2. The highest BCUT2D eigenvalue weighted by molar-refractivity contribution is 5.72. The number of rotatable bonds is 4. The number of allylic oxidation sites excluding steroid dienone is 1. The summed E-state index contributed by atoms with van der Waals surface area (Å²) in [4.78, 5) is 12.2. The highest BCUT2D eigenvalue weighted by Gasteiger charge is 2.54. The van der Waals surface area contributed by atoms with Crippen LogP contribution >= 0.6 is 0 Å². The van der Waals surface area contributed by atoms with Crippen molar-refractivity contribution in [1.82, 2.24) is 0 Å². The molecule has 0 N–H and O–H groups in total. The maximum atomic E-state index is 12.2. The van der Waals surface area contributed by atoms with Gasteiger partial charge in [0.05, 0.1) is 5.92 Å². The Morgan fingerprint density at radius 1 is 1.48 bits per heavy atom. The molecule has 3 aliphatic rings. The fourth-order valence-corrected chi connectivity index (χ4v) is 4.91. The zero-order chi connectivity index (χ0) is 15.4. The van der Waals surface area contributed by atoms with Gasteiger partial charge >= 0.3 is 5.97 Å². The zero-order valence-corrected chi connectivity index (χ0v) is 14.2. The summed E-state index contributed by atoms with van der Waals surface area (Å²) in [5.41, 5.74) is 1.27. The summed E-state index contributed by atoms with van der Waals surface area (Å²) in [6.45, 7) is 10.5. The molecule has 0 radical (unpaired) electrons. The first-order valence-corrected chi connectivity index (χ1v) is 8.72. The zero-order valence-electron chi connectivity index (χ0n) is 14.2. The number of fused-ring (bicyclic) bond motifs is 1. The van der Waals surface area contributed by atoms with Crippen molar-refractivity contribution in [2.24, 2.45) is 29.1 Å². The van der Waals surface area contributed by atoms with Crippen molar-refractivity contribution in [3.8, 4) is 0 Å². The topological polar surface area (TPSA) is 26.3 Å². The van der Waals surface area contributed by atoms with Gasteiger partial charge in [-0.2, -0.15) is 0 Å². The summed E-state index contributed by atoms with van der Waals surface area (Å²) in [6.07, 6.45) is 8.64. The Morgan fingerprint density at radius 2 is 2.19 bits per heavy atom. The monoisotopic (exact) mass is 290 g/mol. The van der Waals surface area contributed by atoms with E-state index in [2.05, 4.69) is 26.8 Å². The Kier molecular flexibility index (Phi) is 3.50. The van der Waals surface area contributed by atoms with Gasteiger partial charge in [0.15, 0.2) is 0 Å². The predicted molar refractivity (Wildman–Crippen MR) is 84.8 cm³/mol. The van der Waals surface area contributed by atoms with E-state index < -0.39 is 0 Å². The van der Waals surface area contributed by atoms with Crippen molar-refractivity contribution < 1.29 is 9.53 Å². The predicted octanol–water partition coefficient (Wildman–Crippen LogP) is 4.74. The van der Waals surface area contributed by atoms with Crippen LogP contribution in [0.15, 0.2) is 11.6 Å². The Labute approximate surface area is 129 Å². The van der Waals surface area contributed by atoms with Gasteiger partial charge in [-0.15, -0.1) is 0 Å². The van der Waals surface area contributed by atoms with Gasteiger partial charge in [0.1, 0.15) is 5.60 Å². The standard InChI is InChI=1S/C19H30O2/c1-6-19(5,21-17(20)12(2)3)18(4)10-13-7-14-9-15(11-18)16(14)8-13/h11-14,16H,6-10H2,1-5H3. The highest BCUT2D eigenvalue weighted by atomic mass is 16.6. The van der Waals surface area contributed by atoms with Gasteiger partial charge in [0.2, 0.25) is 0 Å². The lowest BCUT2D eigenvalue weighted by molar-refractivity contribution is -0.175. The number of ether oxygens (including phenoxy) is 1. The van der Waals surface area contributed by atoms with Crippen LogP contribution < -0.4 is 0 Å². The first kappa shape index (κ1) is 15.1. The van der Waals surface area contributed by atoms with E-state index in [1.165, 1.54) is 25.7 Å². The average Bonchev–Trinajstić information content (AvgIpc) is 2.64. The molecule has 2 fully saturated rings. The SMILES string of the molecule is CCC(C)(OC(=O)C(C)C)C1(C)C=C2CC3CC(CC23)C1. The van der Waals surface area contributed by atoms with Gasteiger partial charge in [0, 0.05) is 5.41 Å². The molecule has 2 saturated carbocycles. The van der Waals surface area contributed by atoms with Crippen LogP contribution in [0.25, 0.3) is 0 Å². The molecule has 3 aliphatic carbocycles. The van der Waals surface area contributed by atoms with Crippen LogP contribution in [0.5, 0.6) is 0 Å². The normalized spacial score (nSPS) is 40.1. The second-order valence-electron chi connectivity index (χ2n) is 8.41. The minimum absolute atomic E-state index is 0.00750. The van der Waals surface area contributed by atoms with Crippen LogP contribution in [0, 0.1) is 29.1 Å². The third kappa shape index (κ3) is 2.26. The number of hydrogen-bond acceptors (Lipinski definition) is 2. The molecule has 5 atom stereocenters. The minimum atomic E-state index is -0.378. The Morgan fingerprint density at radius 3 is 2.81 bits per heavy atom. The quantitative estimate of drug-likeness (QED) is 0.552. The van der Waals surface area contributed by atoms with E-state index in [4.69, 9.17) is 4.74 Å². The van der Waals surface area contributed by atoms with E-state index in [0.29, 0.717) is 0 Å². The fourth-order valence-electron chi connectivity index (χ4n) is 4.91. The van der Waals surface area contributed by atoms with Crippen molar-refractivity contribution in [2.45, 2.75) is 72.3 Å². The number of carbonyl (C=O) groups is 1. The second kappa shape index (κ2) is 4.86. The Balaban J connectivity index is 1.90. The molecule has 0 spiro atoms. The molecule has 0 amide bonds. The van der Waals surface area contributed by atoms with E-state index in [0.717, 1.165) is 24.2 Å². The number of hydrogen-bond donors (Lipinski definition) is 0. The molecule has 0 aromatic rings. The Hall–Kier alpha value is -0.790. The molecule has 0 saturated heterocycles. The van der Waals surface area contributed by atoms with Crippen LogP contribution in [0.1, 0.15) is 66.7 Å². The van der Waals surface area contributed by atoms with Gasteiger partial charge in [-0.25, -0.2) is 0 Å². The minimum Gasteiger partial charge on any atom is -0.458 e. The van der Waals surface area contributed by atoms with Crippen LogP contribution in [0.4, 0.5) is 0 Å². The van der Waals surface area contributed by atoms with E-state index in [9.17, 15) is 4.79 Å². The first-order chi connectivity index (χ1) is 9.78. The number of carbonyl (C=O) groups excluding carboxylic acids is 1. The largest absolute Gasteiger partial charge is 0.458 e. The summed E-state index contributed by atoms with van der Waals surface area (Å²) in [5, 5.41) is 0. The van der Waals surface area contributed by atoms with Crippen LogP contribution in [-0.4, -0.2) is 11.6 Å². The number of esters is 1. The molecule has 2 nitrogen and oxygen atoms in total. The lowest BCUT2D eigenvalue weighted by Gasteiger charge is -2.47. The van der Waals surface area contributed by atoms with Gasteiger partial charge in [0.25, 0.3) is 0 Å². The lowest BCUT2D eigenvalue weighted by atomic mass is 9.62. The van der Waals surface area contributed by atoms with E-state index in [1.54, 1.807) is 5.57 Å². The second-order valence-corrected chi connectivity index (χ2v) is 8.41. The molecule has 0 aliphatic heterocycles. The third-order valence-corrected chi connectivity index (χ3v) is 6.66. The molecule has 5 unspecified atom stereocenters. The van der Waals surface area contributed by atoms with E-state index in [1.807, 2.05) is 13.8 Å². The highest BCUT2D eigenvalue weighted by Crippen LogP contribution is 2.61. The molecule has 0 aromatic heterocycles. The van der Waals surface area contributed by atoms with Gasteiger partial charge < -0.3 is 4.74 Å². The first-order valence-electron chi connectivity index (χ1n) is 8.72. The molecule has 2 heteroatoms. The van der Waals surface area contributed by atoms with Crippen molar-refractivity contribution >= 4 is 5.97 Å². The summed E-state index contributed by atoms with van der Waals surface area (Å²) < 4.78 is 6.04. The van der Waals surface area contributed by atoms with Crippen molar-refractivity contribution in [1.29, 1.82) is 0 Å².